The summed E-state index contributed by atoms with van der Waals surface area (Å²) in [5.41, 5.74) is 0. The van der Waals surface area contributed by atoms with Crippen molar-refractivity contribution in [1.29, 1.82) is 0 Å². The molecule has 0 bridgehead atoms. The Morgan fingerprint density at radius 1 is 0.411 bits per heavy atom. The zero-order valence-electron chi connectivity index (χ0n) is 36.9. The Morgan fingerprint density at radius 2 is 0.804 bits per heavy atom. The van der Waals surface area contributed by atoms with Crippen molar-refractivity contribution < 1.29 is 23.8 Å². The van der Waals surface area contributed by atoms with Crippen LogP contribution in [0.5, 0.6) is 0 Å². The molecule has 5 nitrogen and oxygen atoms in total. The van der Waals surface area contributed by atoms with Gasteiger partial charge in [-0.15, -0.1) is 0 Å². The number of esters is 2. The van der Waals surface area contributed by atoms with Gasteiger partial charge in [-0.25, -0.2) is 0 Å². The van der Waals surface area contributed by atoms with Crippen LogP contribution in [0, 0.1) is 0 Å². The molecule has 0 amide bonds. The molecule has 0 radical (unpaired) electrons. The number of rotatable bonds is 42. The topological polar surface area (TPSA) is 61.8 Å². The van der Waals surface area contributed by atoms with E-state index in [-0.39, 0.29) is 25.2 Å². The molecule has 0 aromatic rings. The van der Waals surface area contributed by atoms with Crippen LogP contribution >= 0.6 is 0 Å². The van der Waals surface area contributed by atoms with Crippen molar-refractivity contribution in [2.45, 2.75) is 219 Å². The number of unbranched alkanes of at least 4 members (excludes halogenated alkanes) is 19. The molecule has 1 atom stereocenters. The number of hydrogen-bond acceptors (Lipinski definition) is 5. The number of carbonyl (C=O) groups is 2. The van der Waals surface area contributed by atoms with Gasteiger partial charge in [-0.2, -0.15) is 0 Å². The maximum atomic E-state index is 12.6. The molecule has 0 aromatic carbocycles. The van der Waals surface area contributed by atoms with Crippen LogP contribution in [0.15, 0.2) is 72.9 Å². The molecule has 0 saturated carbocycles. The van der Waals surface area contributed by atoms with E-state index < -0.39 is 6.10 Å². The summed E-state index contributed by atoms with van der Waals surface area (Å²) in [6, 6.07) is 0. The zero-order valence-corrected chi connectivity index (χ0v) is 36.9. The Kier molecular flexibility index (Phi) is 44.5. The minimum atomic E-state index is -0.574. The molecule has 0 fully saturated rings. The summed E-state index contributed by atoms with van der Waals surface area (Å²) < 4.78 is 17.2. The molecule has 0 N–H and O–H groups in total. The van der Waals surface area contributed by atoms with Crippen LogP contribution in [-0.2, 0) is 23.8 Å². The summed E-state index contributed by atoms with van der Waals surface area (Å²) in [4.78, 5) is 25.1. The molecule has 0 aliphatic carbocycles. The number of carbonyl (C=O) groups excluding carboxylic acids is 2. The van der Waals surface area contributed by atoms with Crippen LogP contribution in [0.2, 0.25) is 0 Å². The van der Waals surface area contributed by atoms with E-state index in [4.69, 9.17) is 14.2 Å². The maximum Gasteiger partial charge on any atom is 0.306 e. The van der Waals surface area contributed by atoms with Gasteiger partial charge in [0, 0.05) is 12.8 Å². The van der Waals surface area contributed by atoms with Crippen molar-refractivity contribution in [3.63, 3.8) is 0 Å². The third-order valence-electron chi connectivity index (χ3n) is 9.75. The summed E-state index contributed by atoms with van der Waals surface area (Å²) in [6.45, 7) is 7.46. The van der Waals surface area contributed by atoms with E-state index >= 15 is 0 Å². The predicted molar refractivity (Wildman–Crippen MR) is 242 cm³/mol. The van der Waals surface area contributed by atoms with E-state index in [9.17, 15) is 9.59 Å². The summed E-state index contributed by atoms with van der Waals surface area (Å²) in [7, 11) is 0. The molecule has 0 rings (SSSR count). The molecule has 0 heterocycles. The average molecular weight is 781 g/mol. The normalized spacial score (nSPS) is 12.8. The molecule has 0 aliphatic rings. The second-order valence-corrected chi connectivity index (χ2v) is 15.3. The van der Waals surface area contributed by atoms with Crippen molar-refractivity contribution in [3.8, 4) is 0 Å². The standard InChI is InChI=1S/C51H88O5/c1-4-7-10-13-16-18-20-22-24-26-27-29-31-33-36-38-41-44-50(52)55-48-49(56-51(53)45-42-39-35-15-12-9-6-3)47-54-46-43-40-37-34-32-30-28-25-23-21-19-17-14-11-8-5-2/h8,11,17,19,22-25,30,32,37,40,49H,4-7,9-10,12-16,18,20-21,26-29,31,33-36,38-39,41-48H2,1-3H3/b11-8-,19-17-,24-22-,25-23-,32-30-,40-37-. The van der Waals surface area contributed by atoms with Crippen LogP contribution in [0.1, 0.15) is 213 Å². The predicted octanol–water partition coefficient (Wildman–Crippen LogP) is 15.6. The summed E-state index contributed by atoms with van der Waals surface area (Å²) in [6.07, 6.45) is 59.3. The summed E-state index contributed by atoms with van der Waals surface area (Å²) in [5.74, 6) is -0.449. The highest BCUT2D eigenvalue weighted by Gasteiger charge is 2.17. The van der Waals surface area contributed by atoms with Gasteiger partial charge in [-0.05, 0) is 77.0 Å². The van der Waals surface area contributed by atoms with Crippen molar-refractivity contribution in [2.24, 2.45) is 0 Å². The molecule has 0 spiro atoms. The van der Waals surface area contributed by atoms with E-state index in [2.05, 4.69) is 93.7 Å². The highest BCUT2D eigenvalue weighted by atomic mass is 16.6. The fourth-order valence-electron chi connectivity index (χ4n) is 6.27. The summed E-state index contributed by atoms with van der Waals surface area (Å²) in [5, 5.41) is 0. The van der Waals surface area contributed by atoms with Gasteiger partial charge in [0.2, 0.25) is 0 Å². The van der Waals surface area contributed by atoms with Crippen molar-refractivity contribution >= 4 is 11.9 Å². The van der Waals surface area contributed by atoms with Crippen molar-refractivity contribution in [2.75, 3.05) is 19.8 Å². The molecule has 322 valence electrons. The molecule has 56 heavy (non-hydrogen) atoms. The van der Waals surface area contributed by atoms with Gasteiger partial charge in [0.05, 0.1) is 13.2 Å². The van der Waals surface area contributed by atoms with Crippen LogP contribution in [-0.4, -0.2) is 37.9 Å². The van der Waals surface area contributed by atoms with Gasteiger partial charge < -0.3 is 14.2 Å². The number of ether oxygens (including phenoxy) is 3. The quantitative estimate of drug-likeness (QED) is 0.0351. The molecule has 0 saturated heterocycles. The van der Waals surface area contributed by atoms with Crippen LogP contribution in [0.3, 0.4) is 0 Å². The molecule has 1 unspecified atom stereocenters. The lowest BCUT2D eigenvalue weighted by atomic mass is 10.1. The van der Waals surface area contributed by atoms with Crippen LogP contribution in [0.25, 0.3) is 0 Å². The van der Waals surface area contributed by atoms with Gasteiger partial charge in [0.1, 0.15) is 6.61 Å². The first-order chi connectivity index (χ1) is 27.6. The smallest absolute Gasteiger partial charge is 0.306 e. The maximum absolute atomic E-state index is 12.6. The van der Waals surface area contributed by atoms with Gasteiger partial charge in [0.15, 0.2) is 6.10 Å². The first-order valence-electron chi connectivity index (χ1n) is 23.5. The SMILES string of the molecule is CC/C=C\C/C=C\C/C=C\C/C=C\C/C=C\CCOCC(COC(=O)CCCCCCCCC/C=C\CCCCCCCC)OC(=O)CCCCCCCCC. The second kappa shape index (κ2) is 46.7. The van der Waals surface area contributed by atoms with E-state index in [1.165, 1.54) is 103 Å². The highest BCUT2D eigenvalue weighted by molar-refractivity contribution is 5.70. The third kappa shape index (κ3) is 44.1. The van der Waals surface area contributed by atoms with Gasteiger partial charge in [0.25, 0.3) is 0 Å². The Balaban J connectivity index is 4.25. The van der Waals surface area contributed by atoms with Crippen LogP contribution < -0.4 is 0 Å². The second-order valence-electron chi connectivity index (χ2n) is 15.3. The lowest BCUT2D eigenvalue weighted by Gasteiger charge is -2.18. The Bertz CT molecular complexity index is 1020. The Morgan fingerprint density at radius 3 is 1.29 bits per heavy atom. The van der Waals surface area contributed by atoms with Gasteiger partial charge in [-0.1, -0.05) is 196 Å². The minimum absolute atomic E-state index is 0.0522. The molecular weight excluding hydrogens is 693 g/mol. The number of hydrogen-bond donors (Lipinski definition) is 0. The van der Waals surface area contributed by atoms with Crippen molar-refractivity contribution in [1.82, 2.24) is 0 Å². The number of allylic oxidation sites excluding steroid dienone is 11. The molecule has 0 aliphatic heterocycles. The molecular formula is C51H88O5. The lowest BCUT2D eigenvalue weighted by Crippen LogP contribution is -2.30. The fourth-order valence-corrected chi connectivity index (χ4v) is 6.27. The monoisotopic (exact) mass is 781 g/mol. The molecule has 5 heteroatoms. The van der Waals surface area contributed by atoms with Gasteiger partial charge in [-0.3, -0.25) is 9.59 Å². The minimum Gasteiger partial charge on any atom is -0.462 e. The van der Waals surface area contributed by atoms with E-state index in [0.717, 1.165) is 77.0 Å². The van der Waals surface area contributed by atoms with Crippen LogP contribution in [0.4, 0.5) is 0 Å². The van der Waals surface area contributed by atoms with Gasteiger partial charge >= 0.3 is 11.9 Å². The van der Waals surface area contributed by atoms with E-state index in [1.807, 2.05) is 0 Å². The lowest BCUT2D eigenvalue weighted by molar-refractivity contribution is -0.162. The fraction of sp³-hybridized carbons (Fsp3) is 0.725. The average Bonchev–Trinajstić information content (AvgIpc) is 3.20. The first kappa shape index (κ1) is 53.3. The third-order valence-corrected chi connectivity index (χ3v) is 9.75. The highest BCUT2D eigenvalue weighted by Crippen LogP contribution is 2.13. The zero-order chi connectivity index (χ0) is 40.7. The van der Waals surface area contributed by atoms with Crippen molar-refractivity contribution in [3.05, 3.63) is 72.9 Å². The largest absolute Gasteiger partial charge is 0.462 e. The Hall–Kier alpha value is -2.66. The molecule has 0 aromatic heterocycles. The van der Waals surface area contributed by atoms with E-state index in [1.54, 1.807) is 0 Å². The summed E-state index contributed by atoms with van der Waals surface area (Å²) >= 11 is 0. The Labute approximate surface area is 347 Å². The van der Waals surface area contributed by atoms with E-state index in [0.29, 0.717) is 19.4 Å². The first-order valence-corrected chi connectivity index (χ1v) is 23.5.